The van der Waals surface area contributed by atoms with Crippen LogP contribution in [0.15, 0.2) is 4.99 Å². The van der Waals surface area contributed by atoms with E-state index in [-0.39, 0.29) is 5.78 Å². The second kappa shape index (κ2) is 3.49. The van der Waals surface area contributed by atoms with Gasteiger partial charge in [-0.05, 0) is 26.2 Å². The molecule has 0 saturated heterocycles. The number of aliphatic imine (C=N–C) groups is 1. The summed E-state index contributed by atoms with van der Waals surface area (Å²) in [5.41, 5.74) is 1.11. The molecule has 0 unspecified atom stereocenters. The van der Waals surface area contributed by atoms with Crippen molar-refractivity contribution in [3.8, 4) is 0 Å². The summed E-state index contributed by atoms with van der Waals surface area (Å²) in [4.78, 5) is 14.9. The van der Waals surface area contributed by atoms with Gasteiger partial charge in [-0.15, -0.1) is 0 Å². The summed E-state index contributed by atoms with van der Waals surface area (Å²) >= 11 is 0. The monoisotopic (exact) mass is 139 g/mol. The Morgan fingerprint density at radius 2 is 2.40 bits per heavy atom. The molecule has 0 amide bonds. The van der Waals surface area contributed by atoms with Crippen LogP contribution in [0.2, 0.25) is 0 Å². The number of hydrogen-bond donors (Lipinski definition) is 0. The lowest BCUT2D eigenvalue weighted by atomic mass is 10.1. The average molecular weight is 139 g/mol. The van der Waals surface area contributed by atoms with Gasteiger partial charge >= 0.3 is 0 Å². The topological polar surface area (TPSA) is 29.4 Å². The van der Waals surface area contributed by atoms with Crippen LogP contribution in [-0.2, 0) is 4.79 Å². The lowest BCUT2D eigenvalue weighted by Gasteiger charge is -2.09. The maximum atomic E-state index is 10.6. The number of carbonyl (C=O) groups excluding carboxylic acids is 1. The van der Waals surface area contributed by atoms with Crippen molar-refractivity contribution in [2.24, 2.45) is 4.99 Å². The lowest BCUT2D eigenvalue weighted by Crippen LogP contribution is -2.09. The molecule has 0 N–H and O–H groups in total. The van der Waals surface area contributed by atoms with Crippen molar-refractivity contribution in [3.05, 3.63) is 0 Å². The third kappa shape index (κ3) is 2.29. The standard InChI is InChI=1S/C8H13NO/c1-7(10)6-8-4-2-3-5-9-8/h2-6H2,1H3. The summed E-state index contributed by atoms with van der Waals surface area (Å²) < 4.78 is 0. The van der Waals surface area contributed by atoms with E-state index in [2.05, 4.69) is 4.99 Å². The normalized spacial score (nSPS) is 18.3. The second-order valence-corrected chi connectivity index (χ2v) is 2.78. The van der Waals surface area contributed by atoms with Gasteiger partial charge in [-0.1, -0.05) is 0 Å². The van der Waals surface area contributed by atoms with Crippen molar-refractivity contribution in [2.75, 3.05) is 6.54 Å². The minimum absolute atomic E-state index is 0.237. The fourth-order valence-corrected chi connectivity index (χ4v) is 1.19. The van der Waals surface area contributed by atoms with E-state index in [1.807, 2.05) is 0 Å². The maximum Gasteiger partial charge on any atom is 0.135 e. The van der Waals surface area contributed by atoms with E-state index in [9.17, 15) is 4.79 Å². The smallest absolute Gasteiger partial charge is 0.135 e. The fourth-order valence-electron chi connectivity index (χ4n) is 1.19. The summed E-state index contributed by atoms with van der Waals surface area (Å²) in [6.07, 6.45) is 4.03. The molecule has 0 bridgehead atoms. The first-order valence-corrected chi connectivity index (χ1v) is 3.80. The molecule has 0 saturated carbocycles. The van der Waals surface area contributed by atoms with Gasteiger partial charge in [-0.25, -0.2) is 0 Å². The summed E-state index contributed by atoms with van der Waals surface area (Å²) in [7, 11) is 0. The largest absolute Gasteiger partial charge is 0.300 e. The molecule has 0 aromatic carbocycles. The fraction of sp³-hybridized carbons (Fsp3) is 0.750. The van der Waals surface area contributed by atoms with Crippen molar-refractivity contribution in [2.45, 2.75) is 32.6 Å². The van der Waals surface area contributed by atoms with Crippen LogP contribution in [-0.4, -0.2) is 18.0 Å². The van der Waals surface area contributed by atoms with E-state index < -0.39 is 0 Å². The van der Waals surface area contributed by atoms with Gasteiger partial charge < -0.3 is 0 Å². The summed E-state index contributed by atoms with van der Waals surface area (Å²) in [5, 5.41) is 0. The predicted molar refractivity (Wildman–Crippen MR) is 41.5 cm³/mol. The van der Waals surface area contributed by atoms with Crippen LogP contribution in [0.3, 0.4) is 0 Å². The van der Waals surface area contributed by atoms with Gasteiger partial charge in [0.15, 0.2) is 0 Å². The highest BCUT2D eigenvalue weighted by Crippen LogP contribution is 2.08. The van der Waals surface area contributed by atoms with Crippen molar-refractivity contribution < 1.29 is 4.79 Å². The van der Waals surface area contributed by atoms with Gasteiger partial charge in [0.1, 0.15) is 5.78 Å². The van der Waals surface area contributed by atoms with E-state index in [4.69, 9.17) is 0 Å². The summed E-state index contributed by atoms with van der Waals surface area (Å²) in [6, 6.07) is 0. The van der Waals surface area contributed by atoms with Crippen molar-refractivity contribution in [1.29, 1.82) is 0 Å². The van der Waals surface area contributed by atoms with E-state index in [1.165, 1.54) is 12.8 Å². The number of carbonyl (C=O) groups is 1. The minimum Gasteiger partial charge on any atom is -0.300 e. The van der Waals surface area contributed by atoms with Crippen molar-refractivity contribution in [1.82, 2.24) is 0 Å². The highest BCUT2D eigenvalue weighted by atomic mass is 16.1. The Morgan fingerprint density at radius 1 is 1.60 bits per heavy atom. The summed E-state index contributed by atoms with van der Waals surface area (Å²) in [5.74, 6) is 0.237. The highest BCUT2D eigenvalue weighted by molar-refractivity contribution is 6.01. The molecule has 0 aromatic rings. The van der Waals surface area contributed by atoms with Gasteiger partial charge in [0.2, 0.25) is 0 Å². The molecule has 1 aliphatic heterocycles. The second-order valence-electron chi connectivity index (χ2n) is 2.78. The molecule has 10 heavy (non-hydrogen) atoms. The molecule has 56 valence electrons. The molecule has 0 fully saturated rings. The van der Waals surface area contributed by atoms with Gasteiger partial charge in [0.25, 0.3) is 0 Å². The third-order valence-electron chi connectivity index (χ3n) is 1.66. The van der Waals surface area contributed by atoms with E-state index >= 15 is 0 Å². The third-order valence-corrected chi connectivity index (χ3v) is 1.66. The molecule has 2 heteroatoms. The number of hydrogen-bond acceptors (Lipinski definition) is 2. The lowest BCUT2D eigenvalue weighted by molar-refractivity contribution is -0.115. The molecule has 2 nitrogen and oxygen atoms in total. The number of rotatable bonds is 2. The van der Waals surface area contributed by atoms with Gasteiger partial charge in [-0.3, -0.25) is 9.79 Å². The quantitative estimate of drug-likeness (QED) is 0.571. The molecular weight excluding hydrogens is 126 g/mol. The molecule has 0 atom stereocenters. The number of nitrogens with zero attached hydrogens (tertiary/aromatic N) is 1. The first kappa shape index (κ1) is 7.45. The van der Waals surface area contributed by atoms with E-state index in [0.29, 0.717) is 6.42 Å². The van der Waals surface area contributed by atoms with Gasteiger partial charge in [0, 0.05) is 18.7 Å². The van der Waals surface area contributed by atoms with Crippen molar-refractivity contribution in [3.63, 3.8) is 0 Å². The number of ketones is 1. The molecule has 0 radical (unpaired) electrons. The molecule has 0 aliphatic carbocycles. The Bertz CT molecular complexity index is 161. The zero-order valence-electron chi connectivity index (χ0n) is 6.39. The van der Waals surface area contributed by atoms with Gasteiger partial charge in [-0.2, -0.15) is 0 Å². The SMILES string of the molecule is CC(=O)CC1=NCCCC1. The first-order chi connectivity index (χ1) is 4.79. The molecule has 1 rings (SSSR count). The molecular formula is C8H13NO. The van der Waals surface area contributed by atoms with Crippen molar-refractivity contribution >= 4 is 11.5 Å². The van der Waals surface area contributed by atoms with Crippen LogP contribution in [0, 0.1) is 0 Å². The van der Waals surface area contributed by atoms with Gasteiger partial charge in [0.05, 0.1) is 0 Å². The Hall–Kier alpha value is -0.660. The van der Waals surface area contributed by atoms with Crippen LogP contribution in [0.25, 0.3) is 0 Å². The Balaban J connectivity index is 2.38. The Kier molecular flexibility index (Phi) is 2.60. The van der Waals surface area contributed by atoms with Crippen LogP contribution >= 0.6 is 0 Å². The average Bonchev–Trinajstić information content (AvgIpc) is 1.88. The van der Waals surface area contributed by atoms with Crippen LogP contribution in [0.5, 0.6) is 0 Å². The molecule has 0 aromatic heterocycles. The van der Waals surface area contributed by atoms with Crippen LogP contribution in [0.1, 0.15) is 32.6 Å². The number of Topliss-reactive ketones (excluding diaryl/α,β-unsaturated/α-hetero) is 1. The summed E-state index contributed by atoms with van der Waals surface area (Å²) in [6.45, 7) is 2.56. The van der Waals surface area contributed by atoms with E-state index in [1.54, 1.807) is 6.92 Å². The minimum atomic E-state index is 0.237. The molecule has 0 spiro atoms. The Labute approximate surface area is 61.3 Å². The highest BCUT2D eigenvalue weighted by Gasteiger charge is 2.06. The van der Waals surface area contributed by atoms with Crippen LogP contribution < -0.4 is 0 Å². The maximum absolute atomic E-state index is 10.6. The first-order valence-electron chi connectivity index (χ1n) is 3.80. The Morgan fingerprint density at radius 3 is 2.90 bits per heavy atom. The molecule has 1 heterocycles. The van der Waals surface area contributed by atoms with Crippen LogP contribution in [0.4, 0.5) is 0 Å². The predicted octanol–water partition coefficient (Wildman–Crippen LogP) is 1.59. The zero-order chi connectivity index (χ0) is 7.40. The molecule has 1 aliphatic rings. The zero-order valence-corrected chi connectivity index (χ0v) is 6.39. The van der Waals surface area contributed by atoms with E-state index in [0.717, 1.165) is 18.7 Å².